The fraction of sp³-hybridized carbons (Fsp3) is 0.706. The number of carbonyl (C=O) groups excluding carboxylic acids is 3. The molecule has 1 aliphatic carbocycles. The molecule has 0 aromatic rings. The fourth-order valence-electron chi connectivity index (χ4n) is 5.36. The van der Waals surface area contributed by atoms with Crippen molar-refractivity contribution in [1.29, 1.82) is 0 Å². The van der Waals surface area contributed by atoms with Gasteiger partial charge in [-0.25, -0.2) is 4.79 Å². The van der Waals surface area contributed by atoms with Crippen LogP contribution in [-0.2, 0) is 23.9 Å². The van der Waals surface area contributed by atoms with Crippen LogP contribution in [0.15, 0.2) is 11.3 Å². The predicted molar refractivity (Wildman–Crippen MR) is 79.2 cm³/mol. The van der Waals surface area contributed by atoms with Crippen LogP contribution in [-0.4, -0.2) is 47.4 Å². The highest BCUT2D eigenvalue weighted by atomic mass is 16.6. The average molecular weight is 319 g/mol. The first-order chi connectivity index (χ1) is 11.0. The van der Waals surface area contributed by atoms with Crippen molar-refractivity contribution in [3.8, 4) is 0 Å². The van der Waals surface area contributed by atoms with Crippen molar-refractivity contribution in [2.75, 3.05) is 13.7 Å². The zero-order chi connectivity index (χ0) is 16.4. The first-order valence-electron chi connectivity index (χ1n) is 8.31. The molecule has 3 heterocycles. The van der Waals surface area contributed by atoms with E-state index < -0.39 is 17.1 Å². The van der Waals surface area contributed by atoms with Gasteiger partial charge < -0.3 is 14.4 Å². The minimum absolute atomic E-state index is 0.0350. The maximum atomic E-state index is 13.1. The Kier molecular flexibility index (Phi) is 2.93. The Labute approximate surface area is 134 Å². The van der Waals surface area contributed by atoms with Crippen LogP contribution in [0.2, 0.25) is 0 Å². The van der Waals surface area contributed by atoms with Crippen LogP contribution in [0.5, 0.6) is 0 Å². The minimum atomic E-state index is -1.43. The fourth-order valence-corrected chi connectivity index (χ4v) is 5.36. The monoisotopic (exact) mass is 319 g/mol. The number of nitrogens with zero attached hydrogens (tertiary/aromatic N) is 1. The van der Waals surface area contributed by atoms with E-state index in [-0.39, 0.29) is 17.6 Å². The van der Waals surface area contributed by atoms with Gasteiger partial charge in [0.25, 0.3) is 0 Å². The third-order valence-corrected chi connectivity index (χ3v) is 6.21. The molecule has 1 amide bonds. The summed E-state index contributed by atoms with van der Waals surface area (Å²) < 4.78 is 11.2. The van der Waals surface area contributed by atoms with Crippen molar-refractivity contribution < 1.29 is 23.9 Å². The Hall–Kier alpha value is -1.85. The van der Waals surface area contributed by atoms with Gasteiger partial charge in [-0.1, -0.05) is 6.42 Å². The van der Waals surface area contributed by atoms with Crippen molar-refractivity contribution in [2.24, 2.45) is 5.92 Å². The zero-order valence-corrected chi connectivity index (χ0v) is 13.5. The van der Waals surface area contributed by atoms with Crippen LogP contribution in [0.25, 0.3) is 0 Å². The SMILES string of the molecule is COC1=C(C)C(=O)O[C@@]12C(=O)C[C@@H]1CCCCN3C(=O)CC[C@]132. The van der Waals surface area contributed by atoms with E-state index >= 15 is 0 Å². The van der Waals surface area contributed by atoms with Gasteiger partial charge in [0.05, 0.1) is 12.7 Å². The van der Waals surface area contributed by atoms with E-state index in [0.29, 0.717) is 37.1 Å². The largest absolute Gasteiger partial charge is 0.496 e. The number of ketones is 1. The Morgan fingerprint density at radius 2 is 2.04 bits per heavy atom. The molecule has 1 saturated carbocycles. The summed E-state index contributed by atoms with van der Waals surface area (Å²) in [6.07, 6.45) is 4.09. The molecular weight excluding hydrogens is 298 g/mol. The number of hydrogen-bond donors (Lipinski definition) is 0. The Morgan fingerprint density at radius 3 is 2.78 bits per heavy atom. The number of amides is 1. The standard InChI is InChI=1S/C17H21NO5/c1-10-14(22-2)17(23-15(10)21)12(19)9-11-5-3-4-8-18-13(20)6-7-16(11,17)18/h11H,3-9H2,1-2H3/t11-,16+,17-/m0/s1. The van der Waals surface area contributed by atoms with E-state index in [0.717, 1.165) is 19.3 Å². The highest BCUT2D eigenvalue weighted by molar-refractivity contribution is 6.05. The molecule has 124 valence electrons. The molecule has 0 unspecified atom stereocenters. The summed E-state index contributed by atoms with van der Waals surface area (Å²) in [7, 11) is 1.47. The summed E-state index contributed by atoms with van der Waals surface area (Å²) in [5.74, 6) is -0.216. The van der Waals surface area contributed by atoms with Crippen LogP contribution < -0.4 is 0 Å². The highest BCUT2D eigenvalue weighted by Crippen LogP contribution is 2.60. The van der Waals surface area contributed by atoms with Crippen LogP contribution in [0.4, 0.5) is 0 Å². The second-order valence-corrected chi connectivity index (χ2v) is 7.02. The van der Waals surface area contributed by atoms with E-state index in [1.807, 2.05) is 4.90 Å². The van der Waals surface area contributed by atoms with Gasteiger partial charge in [0, 0.05) is 19.4 Å². The molecule has 4 aliphatic rings. The molecule has 0 N–H and O–H groups in total. The minimum Gasteiger partial charge on any atom is -0.496 e. The molecule has 0 aromatic heterocycles. The molecular formula is C17H21NO5. The topological polar surface area (TPSA) is 72.9 Å². The Bertz CT molecular complexity index is 653. The number of rotatable bonds is 1. The quantitative estimate of drug-likeness (QED) is 0.682. The lowest BCUT2D eigenvalue weighted by Crippen LogP contribution is -2.65. The van der Waals surface area contributed by atoms with Crippen LogP contribution in [0, 0.1) is 5.92 Å². The van der Waals surface area contributed by atoms with E-state index in [2.05, 4.69) is 0 Å². The van der Waals surface area contributed by atoms with E-state index in [4.69, 9.17) is 9.47 Å². The van der Waals surface area contributed by atoms with Gasteiger partial charge >= 0.3 is 5.97 Å². The molecule has 3 fully saturated rings. The molecule has 2 spiro atoms. The van der Waals surface area contributed by atoms with Gasteiger partial charge in [0.15, 0.2) is 11.5 Å². The molecule has 3 aliphatic heterocycles. The Morgan fingerprint density at radius 1 is 1.26 bits per heavy atom. The number of esters is 1. The van der Waals surface area contributed by atoms with E-state index in [1.54, 1.807) is 6.92 Å². The zero-order valence-electron chi connectivity index (χ0n) is 13.5. The van der Waals surface area contributed by atoms with Crippen molar-refractivity contribution in [3.63, 3.8) is 0 Å². The van der Waals surface area contributed by atoms with Gasteiger partial charge in [-0.3, -0.25) is 9.59 Å². The lowest BCUT2D eigenvalue weighted by atomic mass is 9.73. The summed E-state index contributed by atoms with van der Waals surface area (Å²) in [6, 6.07) is 0. The summed E-state index contributed by atoms with van der Waals surface area (Å²) in [4.78, 5) is 39.7. The van der Waals surface area contributed by atoms with Crippen LogP contribution in [0.3, 0.4) is 0 Å². The normalized spacial score (nSPS) is 39.7. The molecule has 6 nitrogen and oxygen atoms in total. The van der Waals surface area contributed by atoms with Crippen molar-refractivity contribution in [1.82, 2.24) is 4.90 Å². The third kappa shape index (κ3) is 1.47. The third-order valence-electron chi connectivity index (χ3n) is 6.21. The predicted octanol–water partition coefficient (Wildman–Crippen LogP) is 1.34. The second-order valence-electron chi connectivity index (χ2n) is 7.02. The van der Waals surface area contributed by atoms with Crippen LogP contribution in [0.1, 0.15) is 45.4 Å². The smallest absolute Gasteiger partial charge is 0.338 e. The number of methoxy groups -OCH3 is 1. The maximum Gasteiger partial charge on any atom is 0.338 e. The van der Waals surface area contributed by atoms with Gasteiger partial charge in [-0.15, -0.1) is 0 Å². The van der Waals surface area contributed by atoms with Gasteiger partial charge in [0.1, 0.15) is 5.54 Å². The average Bonchev–Trinajstić information content (AvgIpc) is 3.00. The molecule has 0 aromatic carbocycles. The van der Waals surface area contributed by atoms with Crippen LogP contribution >= 0.6 is 0 Å². The number of hydrogen-bond acceptors (Lipinski definition) is 5. The summed E-state index contributed by atoms with van der Waals surface area (Å²) >= 11 is 0. The van der Waals surface area contributed by atoms with Crippen molar-refractivity contribution >= 4 is 17.7 Å². The van der Waals surface area contributed by atoms with Gasteiger partial charge in [0.2, 0.25) is 11.5 Å². The molecule has 2 saturated heterocycles. The van der Waals surface area contributed by atoms with Crippen molar-refractivity contribution in [3.05, 3.63) is 11.3 Å². The number of Topliss-reactive ketones (excluding diaryl/α,β-unsaturated/α-hetero) is 1. The number of ether oxygens (including phenoxy) is 2. The molecule has 4 rings (SSSR count). The van der Waals surface area contributed by atoms with Gasteiger partial charge in [-0.05, 0) is 32.1 Å². The molecule has 0 radical (unpaired) electrons. The number of carbonyl (C=O) groups is 3. The van der Waals surface area contributed by atoms with E-state index in [9.17, 15) is 14.4 Å². The molecule has 23 heavy (non-hydrogen) atoms. The lowest BCUT2D eigenvalue weighted by Gasteiger charge is -2.46. The Balaban J connectivity index is 1.98. The summed E-state index contributed by atoms with van der Waals surface area (Å²) in [5, 5.41) is 0. The molecule has 6 heteroatoms. The second kappa shape index (κ2) is 4.58. The highest BCUT2D eigenvalue weighted by Gasteiger charge is 2.77. The summed E-state index contributed by atoms with van der Waals surface area (Å²) in [6.45, 7) is 2.25. The lowest BCUT2D eigenvalue weighted by molar-refractivity contribution is -0.171. The van der Waals surface area contributed by atoms with Gasteiger partial charge in [-0.2, -0.15) is 0 Å². The van der Waals surface area contributed by atoms with Crippen molar-refractivity contribution in [2.45, 2.75) is 56.6 Å². The summed E-state index contributed by atoms with van der Waals surface area (Å²) in [5.41, 5.74) is -1.83. The molecule has 0 bridgehead atoms. The first kappa shape index (κ1) is 14.7. The molecule has 3 atom stereocenters. The first-order valence-corrected chi connectivity index (χ1v) is 8.31. The maximum absolute atomic E-state index is 13.1. The van der Waals surface area contributed by atoms with E-state index in [1.165, 1.54) is 7.11 Å².